The van der Waals surface area contributed by atoms with Gasteiger partial charge in [0.1, 0.15) is 23.0 Å². The fourth-order valence-corrected chi connectivity index (χ4v) is 11.9. The van der Waals surface area contributed by atoms with Gasteiger partial charge in [-0.15, -0.1) is 0 Å². The Morgan fingerprint density at radius 3 is 1.16 bits per heavy atom. The van der Waals surface area contributed by atoms with Crippen molar-refractivity contribution in [2.45, 2.75) is 0 Å². The Balaban J connectivity index is 0.899. The van der Waals surface area contributed by atoms with Gasteiger partial charge < -0.3 is 9.47 Å². The lowest BCUT2D eigenvalue weighted by molar-refractivity contribution is 0.465. The molecule has 0 fully saturated rings. The zero-order chi connectivity index (χ0) is 43.7. The van der Waals surface area contributed by atoms with E-state index in [9.17, 15) is 0 Å². The summed E-state index contributed by atoms with van der Waals surface area (Å²) in [7, 11) is 0. The van der Waals surface area contributed by atoms with E-state index < -0.39 is 0 Å². The molecule has 0 saturated carbocycles. The largest absolute Gasteiger partial charge is 0.458 e. The number of rotatable bonds is 3. The minimum absolute atomic E-state index is 0.0534. The summed E-state index contributed by atoms with van der Waals surface area (Å²) in [6.45, 7) is -0.0534. The molecule has 0 radical (unpaired) electrons. The molecular formula is C64H37BO2. The third-order valence-electron chi connectivity index (χ3n) is 14.7. The van der Waals surface area contributed by atoms with Gasteiger partial charge in [-0.2, -0.15) is 0 Å². The van der Waals surface area contributed by atoms with E-state index in [0.717, 1.165) is 56.1 Å². The monoisotopic (exact) mass is 848 g/mol. The van der Waals surface area contributed by atoms with E-state index in [4.69, 9.17) is 9.47 Å². The third-order valence-corrected chi connectivity index (χ3v) is 14.7. The van der Waals surface area contributed by atoms with Crippen molar-refractivity contribution in [3.8, 4) is 56.4 Å². The van der Waals surface area contributed by atoms with Crippen LogP contribution < -0.4 is 25.9 Å². The standard InChI is InChI=1S/C64H37BO2/c1-2-15-38(16-3-1)60-49-23-10-12-25-51(49)61(52-26-13-11-24-50(52)60)41-31-34-55-59(37-41)67-57-28-14-27-56-64(57)65(55)54-33-30-40(36-58(54)66-56)39-29-32-45-44-19-6-8-21-47(44)62-46-20-7-4-17-42(46)43-18-5-9-22-48(43)63(62)53(45)35-39/h1-37H. The molecule has 13 aromatic rings. The zero-order valence-corrected chi connectivity index (χ0v) is 36.3. The summed E-state index contributed by atoms with van der Waals surface area (Å²) in [5.74, 6) is 3.42. The van der Waals surface area contributed by atoms with Gasteiger partial charge >= 0.3 is 0 Å². The van der Waals surface area contributed by atoms with Gasteiger partial charge in [0.05, 0.1) is 0 Å². The van der Waals surface area contributed by atoms with E-state index in [1.807, 2.05) is 6.07 Å². The lowest BCUT2D eigenvalue weighted by Crippen LogP contribution is -2.57. The summed E-state index contributed by atoms with van der Waals surface area (Å²) in [6.07, 6.45) is 0. The van der Waals surface area contributed by atoms with Crippen LogP contribution in [0, 0.1) is 0 Å². The maximum absolute atomic E-state index is 6.90. The molecule has 15 rings (SSSR count). The minimum Gasteiger partial charge on any atom is -0.458 e. The molecule has 2 heterocycles. The molecule has 0 saturated heterocycles. The van der Waals surface area contributed by atoms with Crippen LogP contribution >= 0.6 is 0 Å². The van der Waals surface area contributed by atoms with E-state index in [0.29, 0.717) is 0 Å². The number of fused-ring (bicyclic) bond motifs is 17. The predicted molar refractivity (Wildman–Crippen MR) is 283 cm³/mol. The minimum atomic E-state index is -0.0534. The molecule has 2 aliphatic heterocycles. The van der Waals surface area contributed by atoms with Crippen LogP contribution in [0.3, 0.4) is 0 Å². The maximum atomic E-state index is 6.90. The Kier molecular flexibility index (Phi) is 7.62. The van der Waals surface area contributed by atoms with Crippen LogP contribution in [-0.2, 0) is 0 Å². The van der Waals surface area contributed by atoms with Gasteiger partial charge in [-0.3, -0.25) is 0 Å². The van der Waals surface area contributed by atoms with Crippen molar-refractivity contribution in [2.24, 2.45) is 0 Å². The highest BCUT2D eigenvalue weighted by atomic mass is 16.5. The van der Waals surface area contributed by atoms with Crippen LogP contribution in [0.25, 0.3) is 109 Å². The Labute approximate surface area is 387 Å². The van der Waals surface area contributed by atoms with Gasteiger partial charge in [-0.05, 0) is 150 Å². The Hall–Kier alpha value is -8.66. The normalized spacial score (nSPS) is 12.7. The van der Waals surface area contributed by atoms with Crippen LogP contribution in [-0.4, -0.2) is 6.71 Å². The first-order valence-electron chi connectivity index (χ1n) is 23.2. The van der Waals surface area contributed by atoms with Crippen molar-refractivity contribution >= 4 is 98.5 Å². The van der Waals surface area contributed by atoms with Crippen molar-refractivity contribution in [2.75, 3.05) is 0 Å². The molecule has 3 heteroatoms. The molecule has 0 unspecified atom stereocenters. The lowest BCUT2D eigenvalue weighted by Gasteiger charge is -2.33. The first kappa shape index (κ1) is 36.7. The quantitative estimate of drug-likeness (QED) is 0.100. The Morgan fingerprint density at radius 2 is 0.627 bits per heavy atom. The maximum Gasteiger partial charge on any atom is 0.260 e. The molecule has 0 N–H and O–H groups in total. The van der Waals surface area contributed by atoms with Gasteiger partial charge in [0, 0.05) is 5.46 Å². The summed E-state index contributed by atoms with van der Waals surface area (Å²) in [5, 5.41) is 17.7. The topological polar surface area (TPSA) is 18.5 Å². The summed E-state index contributed by atoms with van der Waals surface area (Å²) in [4.78, 5) is 0. The van der Waals surface area contributed by atoms with Gasteiger partial charge in [0.15, 0.2) is 0 Å². The molecule has 67 heavy (non-hydrogen) atoms. The second-order valence-corrected chi connectivity index (χ2v) is 18.2. The van der Waals surface area contributed by atoms with Crippen molar-refractivity contribution < 1.29 is 9.47 Å². The number of hydrogen-bond acceptors (Lipinski definition) is 2. The fraction of sp³-hybridized carbons (Fsp3) is 0. The molecule has 2 aliphatic rings. The average molecular weight is 849 g/mol. The molecule has 0 atom stereocenters. The van der Waals surface area contributed by atoms with Gasteiger partial charge in [-0.1, -0.05) is 194 Å². The highest BCUT2D eigenvalue weighted by Gasteiger charge is 2.40. The fourth-order valence-electron chi connectivity index (χ4n) is 11.9. The van der Waals surface area contributed by atoms with Crippen molar-refractivity contribution in [3.05, 3.63) is 224 Å². The van der Waals surface area contributed by atoms with Crippen molar-refractivity contribution in [1.82, 2.24) is 0 Å². The molecule has 2 nitrogen and oxygen atoms in total. The molecule has 308 valence electrons. The van der Waals surface area contributed by atoms with E-state index in [1.165, 1.54) is 92.1 Å². The predicted octanol–water partition coefficient (Wildman–Crippen LogP) is 15.5. The van der Waals surface area contributed by atoms with E-state index in [-0.39, 0.29) is 6.71 Å². The van der Waals surface area contributed by atoms with Crippen LogP contribution in [0.2, 0.25) is 0 Å². The summed E-state index contributed by atoms with van der Waals surface area (Å²) >= 11 is 0. The van der Waals surface area contributed by atoms with E-state index in [1.54, 1.807) is 0 Å². The van der Waals surface area contributed by atoms with E-state index in [2.05, 4.69) is 218 Å². The number of hydrogen-bond donors (Lipinski definition) is 0. The number of benzene rings is 13. The summed E-state index contributed by atoms with van der Waals surface area (Å²) < 4.78 is 13.8. The first-order valence-corrected chi connectivity index (χ1v) is 23.2. The van der Waals surface area contributed by atoms with Gasteiger partial charge in [-0.25, -0.2) is 0 Å². The molecule has 0 bridgehead atoms. The second kappa shape index (κ2) is 13.9. The third kappa shape index (κ3) is 5.23. The van der Waals surface area contributed by atoms with Crippen LogP contribution in [0.4, 0.5) is 0 Å². The zero-order valence-electron chi connectivity index (χ0n) is 36.3. The molecule has 0 amide bonds. The highest BCUT2D eigenvalue weighted by molar-refractivity contribution is 6.98. The van der Waals surface area contributed by atoms with Gasteiger partial charge in [0.2, 0.25) is 0 Å². The van der Waals surface area contributed by atoms with Gasteiger partial charge in [0.25, 0.3) is 6.71 Å². The van der Waals surface area contributed by atoms with Crippen LogP contribution in [0.15, 0.2) is 224 Å². The smallest absolute Gasteiger partial charge is 0.260 e. The van der Waals surface area contributed by atoms with Crippen molar-refractivity contribution in [3.63, 3.8) is 0 Å². The lowest BCUT2D eigenvalue weighted by atomic mass is 9.35. The Bertz CT molecular complexity index is 4210. The second-order valence-electron chi connectivity index (χ2n) is 18.2. The molecule has 0 aliphatic carbocycles. The Morgan fingerprint density at radius 1 is 0.239 bits per heavy atom. The first-order chi connectivity index (χ1) is 33.2. The van der Waals surface area contributed by atoms with Crippen LogP contribution in [0.5, 0.6) is 23.0 Å². The molecule has 0 spiro atoms. The molecular weight excluding hydrogens is 812 g/mol. The van der Waals surface area contributed by atoms with E-state index >= 15 is 0 Å². The van der Waals surface area contributed by atoms with Crippen molar-refractivity contribution in [1.29, 1.82) is 0 Å². The summed E-state index contributed by atoms with van der Waals surface area (Å²) in [6, 6.07) is 82.0. The highest BCUT2D eigenvalue weighted by Crippen LogP contribution is 2.47. The molecule has 13 aromatic carbocycles. The molecule has 0 aromatic heterocycles. The van der Waals surface area contributed by atoms with Crippen LogP contribution in [0.1, 0.15) is 0 Å². The SMILES string of the molecule is c1ccc(-c2c3ccccc3c(-c3ccc4c(c3)Oc3cccc5c3B4c3ccc(-c4ccc6c7ccccc7c7c8ccccc8c8ccccc8c7c6c4)cc3O5)c3ccccc23)cc1. The number of ether oxygens (including phenoxy) is 2. The summed E-state index contributed by atoms with van der Waals surface area (Å²) in [5.41, 5.74) is 10.4. The average Bonchev–Trinajstić information content (AvgIpc) is 3.39.